The van der Waals surface area contributed by atoms with E-state index in [0.29, 0.717) is 13.0 Å². The van der Waals surface area contributed by atoms with E-state index in [4.69, 9.17) is 0 Å². The molecule has 0 aliphatic heterocycles. The van der Waals surface area contributed by atoms with E-state index in [2.05, 4.69) is 0 Å². The van der Waals surface area contributed by atoms with Crippen LogP contribution in [0.4, 0.5) is 105 Å². The summed E-state index contributed by atoms with van der Waals surface area (Å²) in [5, 5.41) is 0. The molecule has 0 aromatic heterocycles. The van der Waals surface area contributed by atoms with E-state index >= 15 is 70.2 Å². The van der Waals surface area contributed by atoms with E-state index in [1.807, 2.05) is 0 Å². The van der Waals surface area contributed by atoms with Crippen LogP contribution in [0.15, 0.2) is 41.5 Å². The molecule has 282 valence electrons. The fraction of sp³-hybridized carbons (Fsp3) is 0.125. The predicted octanol–water partition coefficient (Wildman–Crippen LogP) is 11.9. The number of aryl methyl sites for hydroxylation is 1. The predicted molar refractivity (Wildman–Crippen MR) is 141 cm³/mol. The van der Waals surface area contributed by atoms with Gasteiger partial charge < -0.3 is 0 Å². The van der Waals surface area contributed by atoms with Crippen LogP contribution in [-0.4, -0.2) is 6.17 Å². The standard InChI is InChI=1S/C32H10F20N/c1-6-4-3-5-8(7(6)2)32(30(51)25(49)18(42)26(50)31(32)52)53(27-19(43)12(36)9(33)13(37)20(27)44,28-21(45)14(38)10(34)15(39)22(28)46)29-23(47)16(40)11(35)17(41)24(29)48/h3-5,30H,1-2H3/q+1. The van der Waals surface area contributed by atoms with E-state index < -0.39 is 161 Å². The van der Waals surface area contributed by atoms with Crippen molar-refractivity contribution in [1.82, 2.24) is 4.48 Å². The van der Waals surface area contributed by atoms with Crippen molar-refractivity contribution in [1.29, 1.82) is 0 Å². The van der Waals surface area contributed by atoms with Crippen molar-refractivity contribution in [3.05, 3.63) is 145 Å². The molecular weight excluding hydrogens is 778 g/mol. The third-order valence-electron chi connectivity index (χ3n) is 8.63. The maximum Gasteiger partial charge on any atom is 0.233 e. The maximum absolute atomic E-state index is 17.1. The minimum Gasteiger partial charge on any atom is -0.232 e. The second-order valence-electron chi connectivity index (χ2n) is 11.1. The molecular formula is C32H10F20N+. The van der Waals surface area contributed by atoms with Gasteiger partial charge in [-0.2, -0.15) is 30.8 Å². The van der Waals surface area contributed by atoms with Gasteiger partial charge in [0.2, 0.25) is 122 Å². The molecule has 1 aliphatic rings. The third kappa shape index (κ3) is 4.70. The Hall–Kier alpha value is -5.08. The number of halogens is 20. The van der Waals surface area contributed by atoms with Gasteiger partial charge >= 0.3 is 0 Å². The monoisotopic (exact) mass is 788 g/mol. The zero-order chi connectivity index (χ0) is 40.1. The van der Waals surface area contributed by atoms with Crippen LogP contribution in [-0.2, 0) is 5.54 Å². The summed E-state index contributed by atoms with van der Waals surface area (Å²) in [7, 11) is 0. The Bertz CT molecular complexity index is 2090. The molecule has 0 radical (unpaired) electrons. The summed E-state index contributed by atoms with van der Waals surface area (Å²) in [5.41, 5.74) is -20.3. The highest BCUT2D eigenvalue weighted by molar-refractivity contribution is 5.80. The van der Waals surface area contributed by atoms with Gasteiger partial charge in [-0.15, -0.1) is 0 Å². The zero-order valence-electron chi connectivity index (χ0n) is 25.3. The van der Waals surface area contributed by atoms with Gasteiger partial charge in [0, 0.05) is 5.56 Å². The summed E-state index contributed by atoms with van der Waals surface area (Å²) in [5.74, 6) is -68.2. The van der Waals surface area contributed by atoms with Crippen LogP contribution in [0.1, 0.15) is 16.7 Å². The molecule has 4 aromatic rings. The summed E-state index contributed by atoms with van der Waals surface area (Å²) in [6, 6.07) is 1.39. The van der Waals surface area contributed by atoms with Crippen LogP contribution in [0.3, 0.4) is 0 Å². The molecule has 5 rings (SSSR count). The van der Waals surface area contributed by atoms with Gasteiger partial charge in [-0.3, -0.25) is 0 Å². The molecule has 0 amide bonds. The minimum absolute atomic E-state index is 0.0510. The van der Waals surface area contributed by atoms with Gasteiger partial charge in [-0.1, -0.05) is 18.2 Å². The van der Waals surface area contributed by atoms with Crippen molar-refractivity contribution in [2.75, 3.05) is 0 Å². The molecule has 0 bridgehead atoms. The van der Waals surface area contributed by atoms with Crippen LogP contribution in [0, 0.1) is 101 Å². The number of allylic oxidation sites excluding steroid dienone is 2. The molecule has 0 saturated heterocycles. The van der Waals surface area contributed by atoms with Crippen molar-refractivity contribution in [2.45, 2.75) is 25.6 Å². The van der Waals surface area contributed by atoms with Crippen LogP contribution < -0.4 is 4.48 Å². The first-order chi connectivity index (χ1) is 24.5. The molecule has 0 N–H and O–H groups in total. The number of quaternary nitrogens is 1. The summed E-state index contributed by atoms with van der Waals surface area (Å²) in [6.07, 6.45) is -5.01. The highest BCUT2D eigenvalue weighted by atomic mass is 19.2. The maximum atomic E-state index is 17.1. The molecule has 2 unspecified atom stereocenters. The molecule has 21 heteroatoms. The summed E-state index contributed by atoms with van der Waals surface area (Å²) >= 11 is 0. The smallest absolute Gasteiger partial charge is 0.232 e. The fourth-order valence-corrected chi connectivity index (χ4v) is 6.22. The average Bonchev–Trinajstić information content (AvgIpc) is 3.13. The van der Waals surface area contributed by atoms with Crippen LogP contribution in [0.25, 0.3) is 0 Å². The molecule has 53 heavy (non-hydrogen) atoms. The van der Waals surface area contributed by atoms with Crippen LogP contribution in [0.5, 0.6) is 0 Å². The second-order valence-corrected chi connectivity index (χ2v) is 11.1. The first-order valence-corrected chi connectivity index (χ1v) is 13.8. The number of hydrogen-bond acceptors (Lipinski definition) is 0. The number of alkyl halides is 1. The summed E-state index contributed by atoms with van der Waals surface area (Å²) < 4.78 is 306. The fourth-order valence-electron chi connectivity index (χ4n) is 6.22. The van der Waals surface area contributed by atoms with E-state index in [-0.39, 0.29) is 6.07 Å². The Morgan fingerprint density at radius 2 is 0.736 bits per heavy atom. The number of nitrogens with zero attached hydrogens (tertiary/aromatic N) is 1. The Morgan fingerprint density at radius 3 is 1.06 bits per heavy atom. The number of hydrogen-bond donors (Lipinski definition) is 0. The molecule has 0 fully saturated rings. The first kappa shape index (κ1) is 39.1. The van der Waals surface area contributed by atoms with Crippen molar-refractivity contribution in [2.24, 2.45) is 0 Å². The summed E-state index contributed by atoms with van der Waals surface area (Å²) in [6.45, 7) is 1.40. The van der Waals surface area contributed by atoms with Crippen molar-refractivity contribution < 1.29 is 87.8 Å². The topological polar surface area (TPSA) is 0 Å². The largest absolute Gasteiger partial charge is 0.233 e. The first-order valence-electron chi connectivity index (χ1n) is 13.8. The zero-order valence-corrected chi connectivity index (χ0v) is 25.3. The van der Waals surface area contributed by atoms with E-state index in [1.165, 1.54) is 0 Å². The Balaban J connectivity index is 2.48. The van der Waals surface area contributed by atoms with E-state index in [9.17, 15) is 17.6 Å². The van der Waals surface area contributed by atoms with E-state index in [1.54, 1.807) is 0 Å². The molecule has 1 nitrogen and oxygen atoms in total. The lowest BCUT2D eigenvalue weighted by molar-refractivity contribution is 0.0753. The van der Waals surface area contributed by atoms with Crippen LogP contribution in [0.2, 0.25) is 0 Å². The Kier molecular flexibility index (Phi) is 9.45. The Labute approximate surface area is 280 Å². The van der Waals surface area contributed by atoms with Gasteiger partial charge in [0.1, 0.15) is 0 Å². The summed E-state index contributed by atoms with van der Waals surface area (Å²) in [4.78, 5) is 0. The highest BCUT2D eigenvalue weighted by Gasteiger charge is 2.75. The average molecular weight is 788 g/mol. The number of rotatable bonds is 5. The van der Waals surface area contributed by atoms with Crippen molar-refractivity contribution in [3.8, 4) is 0 Å². The third-order valence-corrected chi connectivity index (χ3v) is 8.63. The normalized spacial score (nSPS) is 18.1. The molecule has 2 atom stereocenters. The van der Waals surface area contributed by atoms with Crippen LogP contribution >= 0.6 is 0 Å². The SMILES string of the molecule is Cc1cccc(C2([N+](c3c(F)c(F)c(F)c(F)c3F)(c3c(F)c(F)c(F)c(F)c3F)c3c(F)c(F)c(F)c(F)c3F)C(F)=C(F)C(F)=C(F)C2F)c1C. The minimum atomic E-state index is -5.67. The lowest BCUT2D eigenvalue weighted by atomic mass is 9.72. The number of benzene rings is 4. The van der Waals surface area contributed by atoms with Crippen molar-refractivity contribution in [3.63, 3.8) is 0 Å². The molecule has 1 aliphatic carbocycles. The second kappa shape index (κ2) is 12.8. The highest BCUT2D eigenvalue weighted by Crippen LogP contribution is 2.67. The lowest BCUT2D eigenvalue weighted by Gasteiger charge is -2.53. The molecule has 0 saturated carbocycles. The van der Waals surface area contributed by atoms with Gasteiger partial charge in [0.05, 0.1) is 0 Å². The quantitative estimate of drug-likeness (QED) is 0.0818. The molecule has 4 aromatic carbocycles. The molecule has 0 spiro atoms. The van der Waals surface area contributed by atoms with Gasteiger partial charge in [0.15, 0.2) is 17.5 Å². The van der Waals surface area contributed by atoms with Crippen molar-refractivity contribution >= 4 is 17.1 Å². The van der Waals surface area contributed by atoms with Gasteiger partial charge in [-0.05, 0) is 25.0 Å². The van der Waals surface area contributed by atoms with E-state index in [0.717, 1.165) is 13.0 Å². The molecule has 0 heterocycles. The van der Waals surface area contributed by atoms with Gasteiger partial charge in [-0.25, -0.2) is 61.5 Å². The van der Waals surface area contributed by atoms with Gasteiger partial charge in [0.25, 0.3) is 0 Å². The lowest BCUT2D eigenvalue weighted by Crippen LogP contribution is -2.66. The Morgan fingerprint density at radius 1 is 0.434 bits per heavy atom.